The van der Waals surface area contributed by atoms with Gasteiger partial charge in [0.05, 0.1) is 16.4 Å². The van der Waals surface area contributed by atoms with Crippen molar-refractivity contribution in [1.82, 2.24) is 0 Å². The molecular formula is C52H37N. The first kappa shape index (κ1) is 21.4. The first-order valence-electron chi connectivity index (χ1n) is 23.2. The highest BCUT2D eigenvalue weighted by molar-refractivity contribution is 5.89. The average Bonchev–Trinajstić information content (AvgIpc) is 3.33. The highest BCUT2D eigenvalue weighted by Crippen LogP contribution is 2.39. The summed E-state index contributed by atoms with van der Waals surface area (Å²) < 4.78 is 113. The van der Waals surface area contributed by atoms with Crippen LogP contribution in [0.15, 0.2) is 224 Å². The maximum atomic E-state index is 9.75. The maximum absolute atomic E-state index is 9.75. The molecule has 9 aromatic carbocycles. The van der Waals surface area contributed by atoms with Crippen molar-refractivity contribution in [3.63, 3.8) is 0 Å². The van der Waals surface area contributed by atoms with Gasteiger partial charge in [0.1, 0.15) is 0 Å². The molecule has 9 aromatic rings. The van der Waals surface area contributed by atoms with Crippen molar-refractivity contribution in [2.75, 3.05) is 4.90 Å². The Bertz CT molecular complexity index is 3280. The zero-order valence-electron chi connectivity index (χ0n) is 40.4. The van der Waals surface area contributed by atoms with Crippen LogP contribution >= 0.6 is 0 Å². The molecule has 1 heteroatoms. The highest BCUT2D eigenvalue weighted by Gasteiger charge is 2.15. The second-order valence-corrected chi connectivity index (χ2v) is 12.5. The fourth-order valence-corrected chi connectivity index (χ4v) is 6.34. The summed E-state index contributed by atoms with van der Waals surface area (Å²) in [6, 6.07) is 38.7. The second-order valence-electron chi connectivity index (χ2n) is 12.5. The van der Waals surface area contributed by atoms with Crippen LogP contribution in [0.5, 0.6) is 0 Å². The first-order chi connectivity index (χ1) is 31.3. The maximum Gasteiger partial charge on any atom is 0.0651 e. The Morgan fingerprint density at radius 1 is 0.283 bits per heavy atom. The number of hydrogen-bond donors (Lipinski definition) is 0. The Labute approximate surface area is 328 Å². The largest absolute Gasteiger partial charge is 0.310 e. The molecule has 0 saturated carbocycles. The summed E-state index contributed by atoms with van der Waals surface area (Å²) in [5, 5.41) is 1.64. The van der Waals surface area contributed by atoms with Crippen molar-refractivity contribution in [3.05, 3.63) is 224 Å². The van der Waals surface area contributed by atoms with Crippen LogP contribution in [-0.4, -0.2) is 0 Å². The SMILES string of the molecule is [2H]c1c([2H])c(-c2ccc3ccccc3c2)c([2H])c(N(c2c([2H])c([2H])c(-c3ccc(-c4ccccc4)cc3)c([2H])c2[2H])c2c([2H])c([2H])c(-c3cccc(-c4ccccc4)c3)c([2H])c2[2H])c1[2H]. The molecule has 0 aromatic heterocycles. The molecule has 0 atom stereocenters. The second kappa shape index (κ2) is 14.3. The molecule has 0 unspecified atom stereocenters. The van der Waals surface area contributed by atoms with Gasteiger partial charge in [0.25, 0.3) is 0 Å². The molecule has 250 valence electrons. The monoisotopic (exact) mass is 687 g/mol. The van der Waals surface area contributed by atoms with E-state index in [9.17, 15) is 13.7 Å². The molecule has 0 aliphatic rings. The van der Waals surface area contributed by atoms with Crippen LogP contribution in [0.4, 0.5) is 17.1 Å². The summed E-state index contributed by atoms with van der Waals surface area (Å²) in [5.41, 5.74) is 2.69. The van der Waals surface area contributed by atoms with Crippen LogP contribution < -0.4 is 4.90 Å². The van der Waals surface area contributed by atoms with E-state index in [0.29, 0.717) is 16.7 Å². The predicted molar refractivity (Wildman–Crippen MR) is 226 cm³/mol. The van der Waals surface area contributed by atoms with Gasteiger partial charge in [-0.3, -0.25) is 0 Å². The summed E-state index contributed by atoms with van der Waals surface area (Å²) in [5.74, 6) is 0. The van der Waals surface area contributed by atoms with Gasteiger partial charge in [-0.15, -0.1) is 0 Å². The Morgan fingerprint density at radius 2 is 0.736 bits per heavy atom. The summed E-state index contributed by atoms with van der Waals surface area (Å²) in [6.07, 6.45) is 0. The number of benzene rings is 9. The number of nitrogens with zero attached hydrogens (tertiary/aromatic N) is 1. The minimum atomic E-state index is -0.724. The molecule has 0 bridgehead atoms. The summed E-state index contributed by atoms with van der Waals surface area (Å²) in [6.45, 7) is 0. The lowest BCUT2D eigenvalue weighted by atomic mass is 9.98. The van der Waals surface area contributed by atoms with E-state index in [-0.39, 0.29) is 16.7 Å². The summed E-state index contributed by atoms with van der Waals surface area (Å²) >= 11 is 0. The highest BCUT2D eigenvalue weighted by atomic mass is 15.1. The lowest BCUT2D eigenvalue weighted by molar-refractivity contribution is 1.28. The molecule has 0 aliphatic carbocycles. The molecular weight excluding hydrogens is 639 g/mol. The Balaban J connectivity index is 1.32. The van der Waals surface area contributed by atoms with Crippen LogP contribution in [0.1, 0.15) is 16.4 Å². The topological polar surface area (TPSA) is 3.24 Å². The Morgan fingerprint density at radius 3 is 1.38 bits per heavy atom. The van der Waals surface area contributed by atoms with Crippen molar-refractivity contribution in [2.45, 2.75) is 0 Å². The van der Waals surface area contributed by atoms with E-state index >= 15 is 0 Å². The molecule has 0 aliphatic heterocycles. The van der Waals surface area contributed by atoms with Crippen molar-refractivity contribution < 1.29 is 16.4 Å². The Hall–Kier alpha value is -6.96. The third-order valence-corrected chi connectivity index (χ3v) is 9.08. The van der Waals surface area contributed by atoms with E-state index in [0.717, 1.165) is 37.9 Å². The molecule has 0 heterocycles. The number of fused-ring (bicyclic) bond motifs is 1. The standard InChI is InChI=1S/C52H37N/c1-3-11-38(12-4-1)41-21-23-42(24-22-41)43-27-31-50(32-28-43)53(52-20-10-19-48(37-52)49-26-25-40-15-7-8-16-45(40)36-49)51-33-29-44(30-34-51)47-18-9-17-46(35-47)39-13-5-2-6-14-39/h1-37H/i10D,19D,20D,27D,28D,29D,30D,31D,32D,33D,34D,37D. The van der Waals surface area contributed by atoms with Crippen LogP contribution in [0, 0.1) is 0 Å². The fraction of sp³-hybridized carbons (Fsp3) is 0. The summed E-state index contributed by atoms with van der Waals surface area (Å²) in [4.78, 5) is 0.890. The minimum Gasteiger partial charge on any atom is -0.310 e. The lowest BCUT2D eigenvalue weighted by Crippen LogP contribution is -2.10. The van der Waals surface area contributed by atoms with Gasteiger partial charge >= 0.3 is 0 Å². The smallest absolute Gasteiger partial charge is 0.0651 e. The van der Waals surface area contributed by atoms with Gasteiger partial charge < -0.3 is 4.90 Å². The summed E-state index contributed by atoms with van der Waals surface area (Å²) in [7, 11) is 0. The van der Waals surface area contributed by atoms with E-state index in [4.69, 9.17) is 2.74 Å². The first-order valence-corrected chi connectivity index (χ1v) is 17.2. The van der Waals surface area contributed by atoms with E-state index < -0.39 is 89.6 Å². The van der Waals surface area contributed by atoms with Crippen molar-refractivity contribution in [2.24, 2.45) is 0 Å². The molecule has 53 heavy (non-hydrogen) atoms. The molecule has 1 nitrogen and oxygen atoms in total. The Kier molecular flexibility index (Phi) is 5.80. The van der Waals surface area contributed by atoms with E-state index in [2.05, 4.69) is 0 Å². The van der Waals surface area contributed by atoms with Gasteiger partial charge in [0.15, 0.2) is 0 Å². The fourth-order valence-electron chi connectivity index (χ4n) is 6.34. The zero-order chi connectivity index (χ0) is 45.8. The van der Waals surface area contributed by atoms with Crippen molar-refractivity contribution in [3.8, 4) is 55.6 Å². The predicted octanol–water partition coefficient (Wildman–Crippen LogP) is 14.6. The molecule has 0 amide bonds. The van der Waals surface area contributed by atoms with Gasteiger partial charge in [-0.25, -0.2) is 0 Å². The van der Waals surface area contributed by atoms with Crippen LogP contribution in [-0.2, 0) is 0 Å². The van der Waals surface area contributed by atoms with Crippen LogP contribution in [0.25, 0.3) is 66.4 Å². The molecule has 0 fully saturated rings. The molecule has 0 N–H and O–H groups in total. The quantitative estimate of drug-likeness (QED) is 0.154. The zero-order valence-corrected chi connectivity index (χ0v) is 28.4. The van der Waals surface area contributed by atoms with Gasteiger partial charge in [0.2, 0.25) is 0 Å². The average molecular weight is 688 g/mol. The normalized spacial score (nSPS) is 14.2. The molecule has 0 radical (unpaired) electrons. The molecule has 0 saturated heterocycles. The minimum absolute atomic E-state index is 0.0479. The van der Waals surface area contributed by atoms with Gasteiger partial charge in [-0.05, 0) is 115 Å². The number of anilines is 3. The van der Waals surface area contributed by atoms with E-state index in [1.54, 1.807) is 48.5 Å². The molecule has 9 rings (SSSR count). The number of rotatable bonds is 8. The third kappa shape index (κ3) is 6.77. The molecule has 0 spiro atoms. The third-order valence-electron chi connectivity index (χ3n) is 9.08. The van der Waals surface area contributed by atoms with E-state index in [1.807, 2.05) is 103 Å². The number of hydrogen-bond acceptors (Lipinski definition) is 1. The van der Waals surface area contributed by atoms with Gasteiger partial charge in [-0.2, -0.15) is 0 Å². The van der Waals surface area contributed by atoms with Crippen LogP contribution in [0.2, 0.25) is 0 Å². The van der Waals surface area contributed by atoms with Gasteiger partial charge in [-0.1, -0.05) is 176 Å². The van der Waals surface area contributed by atoms with Crippen LogP contribution in [0.3, 0.4) is 0 Å². The van der Waals surface area contributed by atoms with Gasteiger partial charge in [0, 0.05) is 17.1 Å². The van der Waals surface area contributed by atoms with Crippen molar-refractivity contribution in [1.29, 1.82) is 0 Å². The van der Waals surface area contributed by atoms with E-state index in [1.165, 1.54) is 0 Å². The lowest BCUT2D eigenvalue weighted by Gasteiger charge is -2.26. The van der Waals surface area contributed by atoms with Crippen molar-refractivity contribution >= 4 is 27.8 Å².